The second kappa shape index (κ2) is 6.75. The summed E-state index contributed by atoms with van der Waals surface area (Å²) in [5.41, 5.74) is 0.906. The Bertz CT molecular complexity index is 692. The van der Waals surface area contributed by atoms with Crippen LogP contribution in [0.5, 0.6) is 11.5 Å². The first kappa shape index (κ1) is 13.4. The van der Waals surface area contributed by atoms with Crippen LogP contribution in [0.4, 0.5) is 0 Å². The SMILES string of the molecule is c1ccc(OCCCOc2cccc3cccnc23)cc1. The van der Waals surface area contributed by atoms with Crippen molar-refractivity contribution < 1.29 is 9.47 Å². The Kier molecular flexibility index (Phi) is 4.32. The minimum atomic E-state index is 0.614. The Labute approximate surface area is 124 Å². The van der Waals surface area contributed by atoms with Gasteiger partial charge in [0.2, 0.25) is 0 Å². The highest BCUT2D eigenvalue weighted by molar-refractivity contribution is 5.84. The van der Waals surface area contributed by atoms with Gasteiger partial charge in [0.05, 0.1) is 13.2 Å². The largest absolute Gasteiger partial charge is 0.493 e. The molecule has 0 radical (unpaired) electrons. The maximum Gasteiger partial charge on any atom is 0.145 e. The molecule has 0 spiro atoms. The molecule has 0 saturated carbocycles. The average Bonchev–Trinajstić information content (AvgIpc) is 2.56. The molecule has 0 unspecified atom stereocenters. The van der Waals surface area contributed by atoms with Crippen molar-refractivity contribution in [3.8, 4) is 11.5 Å². The Morgan fingerprint density at radius 1 is 0.762 bits per heavy atom. The molecule has 0 amide bonds. The van der Waals surface area contributed by atoms with Crippen LogP contribution in [0, 0.1) is 0 Å². The van der Waals surface area contributed by atoms with Crippen molar-refractivity contribution in [1.29, 1.82) is 0 Å². The van der Waals surface area contributed by atoms with Crippen LogP contribution in [0.2, 0.25) is 0 Å². The quantitative estimate of drug-likeness (QED) is 0.637. The van der Waals surface area contributed by atoms with E-state index in [1.54, 1.807) is 6.20 Å². The van der Waals surface area contributed by atoms with E-state index in [9.17, 15) is 0 Å². The maximum atomic E-state index is 5.81. The fourth-order valence-electron chi connectivity index (χ4n) is 2.14. The second-order valence-electron chi connectivity index (χ2n) is 4.69. The highest BCUT2D eigenvalue weighted by Gasteiger charge is 2.02. The standard InChI is InChI=1S/C18H17NO2/c1-2-9-16(10-3-1)20-13-6-14-21-17-11-4-7-15-8-5-12-19-18(15)17/h1-5,7-12H,6,13-14H2. The summed E-state index contributed by atoms with van der Waals surface area (Å²) in [6.45, 7) is 1.25. The lowest BCUT2D eigenvalue weighted by molar-refractivity contribution is 0.249. The van der Waals surface area contributed by atoms with E-state index in [4.69, 9.17) is 9.47 Å². The van der Waals surface area contributed by atoms with Crippen LogP contribution in [0.15, 0.2) is 66.9 Å². The number of aromatic nitrogens is 1. The lowest BCUT2D eigenvalue weighted by Gasteiger charge is -2.09. The van der Waals surface area contributed by atoms with Crippen LogP contribution in [0.1, 0.15) is 6.42 Å². The van der Waals surface area contributed by atoms with Gasteiger partial charge in [-0.2, -0.15) is 0 Å². The molecule has 3 aromatic rings. The van der Waals surface area contributed by atoms with E-state index in [-0.39, 0.29) is 0 Å². The minimum Gasteiger partial charge on any atom is -0.493 e. The van der Waals surface area contributed by atoms with Crippen LogP contribution < -0.4 is 9.47 Å². The fourth-order valence-corrected chi connectivity index (χ4v) is 2.14. The van der Waals surface area contributed by atoms with E-state index in [1.807, 2.05) is 60.7 Å². The van der Waals surface area contributed by atoms with Crippen LogP contribution in [0.3, 0.4) is 0 Å². The second-order valence-corrected chi connectivity index (χ2v) is 4.69. The number of pyridine rings is 1. The molecule has 0 aliphatic heterocycles. The van der Waals surface area contributed by atoms with Crippen LogP contribution in [0.25, 0.3) is 10.9 Å². The highest BCUT2D eigenvalue weighted by Crippen LogP contribution is 2.22. The van der Waals surface area contributed by atoms with Gasteiger partial charge in [-0.15, -0.1) is 0 Å². The zero-order valence-electron chi connectivity index (χ0n) is 11.7. The van der Waals surface area contributed by atoms with Crippen molar-refractivity contribution in [3.05, 3.63) is 66.9 Å². The molecule has 0 fully saturated rings. The Morgan fingerprint density at radius 3 is 2.48 bits per heavy atom. The zero-order valence-corrected chi connectivity index (χ0v) is 11.7. The summed E-state index contributed by atoms with van der Waals surface area (Å²) >= 11 is 0. The van der Waals surface area contributed by atoms with E-state index in [1.165, 1.54) is 0 Å². The molecule has 1 aromatic heterocycles. The van der Waals surface area contributed by atoms with Gasteiger partial charge in [0.15, 0.2) is 0 Å². The molecule has 3 heteroatoms. The summed E-state index contributed by atoms with van der Waals surface area (Å²) in [6, 6.07) is 19.8. The van der Waals surface area contributed by atoms with E-state index in [2.05, 4.69) is 4.98 Å². The predicted octanol–water partition coefficient (Wildman–Crippen LogP) is 4.08. The Balaban J connectivity index is 1.51. The van der Waals surface area contributed by atoms with Crippen molar-refractivity contribution in [2.75, 3.05) is 13.2 Å². The number of nitrogens with zero attached hydrogens (tertiary/aromatic N) is 1. The molecule has 3 rings (SSSR count). The number of benzene rings is 2. The summed E-state index contributed by atoms with van der Waals surface area (Å²) in [4.78, 5) is 4.37. The molecule has 0 aliphatic carbocycles. The van der Waals surface area contributed by atoms with Gasteiger partial charge >= 0.3 is 0 Å². The number of fused-ring (bicyclic) bond motifs is 1. The zero-order chi connectivity index (χ0) is 14.3. The molecule has 0 N–H and O–H groups in total. The summed E-state index contributed by atoms with van der Waals surface area (Å²) < 4.78 is 11.5. The van der Waals surface area contributed by atoms with Crippen molar-refractivity contribution in [2.45, 2.75) is 6.42 Å². The van der Waals surface area contributed by atoms with Gasteiger partial charge in [0, 0.05) is 18.0 Å². The third-order valence-electron chi connectivity index (χ3n) is 3.15. The van der Waals surface area contributed by atoms with Gasteiger partial charge in [-0.3, -0.25) is 4.98 Å². The highest BCUT2D eigenvalue weighted by atomic mass is 16.5. The fraction of sp³-hybridized carbons (Fsp3) is 0.167. The number of hydrogen-bond acceptors (Lipinski definition) is 3. The predicted molar refractivity (Wildman–Crippen MR) is 83.8 cm³/mol. The molecule has 0 atom stereocenters. The third kappa shape index (κ3) is 3.51. The molecule has 106 valence electrons. The van der Waals surface area contributed by atoms with Gasteiger partial charge in [-0.05, 0) is 24.3 Å². The molecule has 21 heavy (non-hydrogen) atoms. The summed E-state index contributed by atoms with van der Waals surface area (Å²) in [7, 11) is 0. The van der Waals surface area contributed by atoms with Gasteiger partial charge in [-0.25, -0.2) is 0 Å². The molecule has 0 aliphatic rings. The van der Waals surface area contributed by atoms with Crippen molar-refractivity contribution in [2.24, 2.45) is 0 Å². The molecule has 1 heterocycles. The first-order valence-electron chi connectivity index (χ1n) is 7.08. The van der Waals surface area contributed by atoms with E-state index in [0.29, 0.717) is 13.2 Å². The number of hydrogen-bond donors (Lipinski definition) is 0. The first-order chi connectivity index (χ1) is 10.4. The van der Waals surface area contributed by atoms with Crippen molar-refractivity contribution in [1.82, 2.24) is 4.98 Å². The number of para-hydroxylation sites is 2. The lowest BCUT2D eigenvalue weighted by Crippen LogP contribution is -2.05. The smallest absolute Gasteiger partial charge is 0.145 e. The monoisotopic (exact) mass is 279 g/mol. The first-order valence-corrected chi connectivity index (χ1v) is 7.08. The molecular formula is C18H17NO2. The number of ether oxygens (including phenoxy) is 2. The van der Waals surface area contributed by atoms with Gasteiger partial charge in [-0.1, -0.05) is 36.4 Å². The van der Waals surface area contributed by atoms with Crippen LogP contribution in [-0.2, 0) is 0 Å². The molecular weight excluding hydrogens is 262 g/mol. The maximum absolute atomic E-state index is 5.81. The number of rotatable bonds is 6. The normalized spacial score (nSPS) is 10.5. The van der Waals surface area contributed by atoms with Crippen LogP contribution in [-0.4, -0.2) is 18.2 Å². The van der Waals surface area contributed by atoms with Gasteiger partial charge in [0.25, 0.3) is 0 Å². The topological polar surface area (TPSA) is 31.4 Å². The minimum absolute atomic E-state index is 0.614. The van der Waals surface area contributed by atoms with Gasteiger partial charge in [0.1, 0.15) is 17.0 Å². The third-order valence-corrected chi connectivity index (χ3v) is 3.15. The average molecular weight is 279 g/mol. The molecule has 3 nitrogen and oxygen atoms in total. The van der Waals surface area contributed by atoms with Crippen LogP contribution >= 0.6 is 0 Å². The summed E-state index contributed by atoms with van der Waals surface area (Å²) in [5, 5.41) is 1.09. The summed E-state index contributed by atoms with van der Waals surface area (Å²) in [5.74, 6) is 1.72. The Hall–Kier alpha value is -2.55. The van der Waals surface area contributed by atoms with Crippen molar-refractivity contribution in [3.63, 3.8) is 0 Å². The van der Waals surface area contributed by atoms with E-state index in [0.717, 1.165) is 28.8 Å². The Morgan fingerprint density at radius 2 is 1.57 bits per heavy atom. The van der Waals surface area contributed by atoms with Gasteiger partial charge < -0.3 is 9.47 Å². The molecule has 0 saturated heterocycles. The molecule has 2 aromatic carbocycles. The molecule has 0 bridgehead atoms. The van der Waals surface area contributed by atoms with E-state index >= 15 is 0 Å². The lowest BCUT2D eigenvalue weighted by atomic mass is 10.2. The van der Waals surface area contributed by atoms with E-state index < -0.39 is 0 Å². The van der Waals surface area contributed by atoms with Crippen molar-refractivity contribution >= 4 is 10.9 Å². The summed E-state index contributed by atoms with van der Waals surface area (Å²) in [6.07, 6.45) is 2.62.